The van der Waals surface area contributed by atoms with Crippen molar-refractivity contribution >= 4 is 11.9 Å². The molecule has 1 rings (SSSR count). The molecule has 19 heavy (non-hydrogen) atoms. The SMILES string of the molecule is COC(=O)C(N)Cc1ccc(CCOC(C)=O)cc1. The molecule has 0 heterocycles. The van der Waals surface area contributed by atoms with Crippen LogP contribution in [0.5, 0.6) is 0 Å². The second-order valence-corrected chi connectivity index (χ2v) is 4.24. The van der Waals surface area contributed by atoms with E-state index in [2.05, 4.69) is 4.74 Å². The average Bonchev–Trinajstić information content (AvgIpc) is 2.39. The topological polar surface area (TPSA) is 78.6 Å². The molecule has 0 aliphatic heterocycles. The lowest BCUT2D eigenvalue weighted by Gasteiger charge is -2.09. The number of carbonyl (C=O) groups is 2. The summed E-state index contributed by atoms with van der Waals surface area (Å²) in [7, 11) is 1.32. The van der Waals surface area contributed by atoms with Gasteiger partial charge in [0.15, 0.2) is 0 Å². The van der Waals surface area contributed by atoms with E-state index in [-0.39, 0.29) is 5.97 Å². The van der Waals surface area contributed by atoms with Crippen LogP contribution in [0.4, 0.5) is 0 Å². The number of esters is 2. The maximum atomic E-state index is 11.2. The van der Waals surface area contributed by atoms with Crippen molar-refractivity contribution in [1.82, 2.24) is 0 Å². The van der Waals surface area contributed by atoms with Gasteiger partial charge in [0.25, 0.3) is 0 Å². The number of nitrogens with two attached hydrogens (primary N) is 1. The molecule has 1 atom stereocenters. The van der Waals surface area contributed by atoms with E-state index in [0.29, 0.717) is 19.4 Å². The van der Waals surface area contributed by atoms with Gasteiger partial charge in [-0.1, -0.05) is 24.3 Å². The van der Waals surface area contributed by atoms with E-state index in [1.165, 1.54) is 14.0 Å². The molecule has 0 aliphatic rings. The maximum Gasteiger partial charge on any atom is 0.322 e. The fourth-order valence-corrected chi connectivity index (χ4v) is 1.64. The van der Waals surface area contributed by atoms with Gasteiger partial charge >= 0.3 is 11.9 Å². The van der Waals surface area contributed by atoms with Gasteiger partial charge in [-0.05, 0) is 17.5 Å². The first-order valence-electron chi connectivity index (χ1n) is 6.07. The van der Waals surface area contributed by atoms with Crippen LogP contribution in [0.2, 0.25) is 0 Å². The van der Waals surface area contributed by atoms with Crippen molar-refractivity contribution in [2.45, 2.75) is 25.8 Å². The summed E-state index contributed by atoms with van der Waals surface area (Å²) in [5.41, 5.74) is 7.71. The normalized spacial score (nSPS) is 11.7. The van der Waals surface area contributed by atoms with Crippen LogP contribution < -0.4 is 5.73 Å². The summed E-state index contributed by atoms with van der Waals surface area (Å²) < 4.78 is 9.44. The van der Waals surface area contributed by atoms with Crippen molar-refractivity contribution in [2.75, 3.05) is 13.7 Å². The summed E-state index contributed by atoms with van der Waals surface area (Å²) in [5, 5.41) is 0. The van der Waals surface area contributed by atoms with Gasteiger partial charge in [-0.15, -0.1) is 0 Å². The van der Waals surface area contributed by atoms with Gasteiger partial charge in [-0.25, -0.2) is 0 Å². The molecule has 0 radical (unpaired) electrons. The second-order valence-electron chi connectivity index (χ2n) is 4.24. The molecular weight excluding hydrogens is 246 g/mol. The van der Waals surface area contributed by atoms with E-state index in [9.17, 15) is 9.59 Å². The maximum absolute atomic E-state index is 11.2. The number of benzene rings is 1. The highest BCUT2D eigenvalue weighted by atomic mass is 16.5. The van der Waals surface area contributed by atoms with E-state index in [1.54, 1.807) is 0 Å². The van der Waals surface area contributed by atoms with Crippen LogP contribution in [0.1, 0.15) is 18.1 Å². The second kappa shape index (κ2) is 7.53. The van der Waals surface area contributed by atoms with Crippen LogP contribution in [0, 0.1) is 0 Å². The Morgan fingerprint density at radius 3 is 2.32 bits per heavy atom. The van der Waals surface area contributed by atoms with Crippen LogP contribution in [0.3, 0.4) is 0 Å². The van der Waals surface area contributed by atoms with Crippen LogP contribution >= 0.6 is 0 Å². The van der Waals surface area contributed by atoms with E-state index in [0.717, 1.165) is 11.1 Å². The van der Waals surface area contributed by atoms with Gasteiger partial charge in [0, 0.05) is 13.3 Å². The molecule has 1 aromatic rings. The Morgan fingerprint density at radius 1 is 1.21 bits per heavy atom. The third kappa shape index (κ3) is 5.52. The number of hydrogen-bond acceptors (Lipinski definition) is 5. The van der Waals surface area contributed by atoms with Gasteiger partial charge in [0.2, 0.25) is 0 Å². The highest BCUT2D eigenvalue weighted by molar-refractivity contribution is 5.75. The molecule has 0 amide bonds. The van der Waals surface area contributed by atoms with Crippen LogP contribution in [0.25, 0.3) is 0 Å². The molecule has 5 nitrogen and oxygen atoms in total. The summed E-state index contributed by atoms with van der Waals surface area (Å²) in [5.74, 6) is -0.695. The highest BCUT2D eigenvalue weighted by Gasteiger charge is 2.13. The minimum Gasteiger partial charge on any atom is -0.468 e. The predicted octanol–water partition coefficient (Wildman–Crippen LogP) is 0.835. The van der Waals surface area contributed by atoms with E-state index >= 15 is 0 Å². The van der Waals surface area contributed by atoms with Crippen molar-refractivity contribution < 1.29 is 19.1 Å². The summed E-state index contributed by atoms with van der Waals surface area (Å²) in [6, 6.07) is 7.04. The molecule has 0 spiro atoms. The molecule has 0 bridgehead atoms. The first-order valence-corrected chi connectivity index (χ1v) is 6.07. The van der Waals surface area contributed by atoms with Crippen LogP contribution in [-0.2, 0) is 31.9 Å². The lowest BCUT2D eigenvalue weighted by molar-refractivity contribution is -0.142. The van der Waals surface area contributed by atoms with Crippen molar-refractivity contribution in [2.24, 2.45) is 5.73 Å². The van der Waals surface area contributed by atoms with Gasteiger partial charge in [-0.2, -0.15) is 0 Å². The Bertz CT molecular complexity index is 428. The lowest BCUT2D eigenvalue weighted by atomic mass is 10.0. The molecule has 5 heteroatoms. The molecule has 0 aliphatic carbocycles. The third-order valence-corrected chi connectivity index (χ3v) is 2.68. The van der Waals surface area contributed by atoms with Gasteiger partial charge in [0.1, 0.15) is 6.04 Å². The monoisotopic (exact) mass is 265 g/mol. The number of carbonyl (C=O) groups excluding carboxylic acids is 2. The lowest BCUT2D eigenvalue weighted by Crippen LogP contribution is -2.33. The molecule has 0 aromatic heterocycles. The molecule has 0 fully saturated rings. The largest absolute Gasteiger partial charge is 0.468 e. The quantitative estimate of drug-likeness (QED) is 0.771. The number of ether oxygens (including phenoxy) is 2. The van der Waals surface area contributed by atoms with Crippen LogP contribution in [-0.4, -0.2) is 31.7 Å². The zero-order chi connectivity index (χ0) is 14.3. The Hall–Kier alpha value is -1.88. The Morgan fingerprint density at radius 2 is 1.79 bits per heavy atom. The van der Waals surface area contributed by atoms with E-state index in [4.69, 9.17) is 10.5 Å². The first-order chi connectivity index (χ1) is 9.02. The molecule has 1 aromatic carbocycles. The standard InChI is InChI=1S/C14H19NO4/c1-10(16)19-8-7-11-3-5-12(6-4-11)9-13(15)14(17)18-2/h3-6,13H,7-9,15H2,1-2H3. The smallest absolute Gasteiger partial charge is 0.322 e. The first kappa shape index (κ1) is 15.2. The molecule has 104 valence electrons. The van der Waals surface area contributed by atoms with E-state index < -0.39 is 12.0 Å². The summed E-state index contributed by atoms with van der Waals surface area (Å²) in [6.07, 6.45) is 1.11. The number of rotatable bonds is 6. The third-order valence-electron chi connectivity index (χ3n) is 2.68. The summed E-state index contributed by atoms with van der Waals surface area (Å²) in [4.78, 5) is 21.8. The van der Waals surface area contributed by atoms with Crippen molar-refractivity contribution in [3.8, 4) is 0 Å². The van der Waals surface area contributed by atoms with Crippen molar-refractivity contribution in [1.29, 1.82) is 0 Å². The molecule has 1 unspecified atom stereocenters. The fraction of sp³-hybridized carbons (Fsp3) is 0.429. The summed E-state index contributed by atoms with van der Waals surface area (Å²) >= 11 is 0. The Balaban J connectivity index is 2.47. The summed E-state index contributed by atoms with van der Waals surface area (Å²) in [6.45, 7) is 1.76. The fourth-order valence-electron chi connectivity index (χ4n) is 1.64. The molecular formula is C14H19NO4. The minimum absolute atomic E-state index is 0.277. The number of hydrogen-bond donors (Lipinski definition) is 1. The Kier molecular flexibility index (Phi) is 6.02. The molecule has 0 saturated carbocycles. The zero-order valence-electron chi connectivity index (χ0n) is 11.2. The zero-order valence-corrected chi connectivity index (χ0v) is 11.2. The van der Waals surface area contributed by atoms with Crippen molar-refractivity contribution in [3.63, 3.8) is 0 Å². The average molecular weight is 265 g/mol. The Labute approximate surface area is 112 Å². The van der Waals surface area contributed by atoms with Crippen LogP contribution in [0.15, 0.2) is 24.3 Å². The van der Waals surface area contributed by atoms with Crippen molar-refractivity contribution in [3.05, 3.63) is 35.4 Å². The molecule has 2 N–H and O–H groups in total. The predicted molar refractivity (Wildman–Crippen MR) is 70.5 cm³/mol. The van der Waals surface area contributed by atoms with Gasteiger partial charge < -0.3 is 15.2 Å². The molecule has 0 saturated heterocycles. The van der Waals surface area contributed by atoms with Gasteiger partial charge in [0.05, 0.1) is 13.7 Å². The van der Waals surface area contributed by atoms with E-state index in [1.807, 2.05) is 24.3 Å². The minimum atomic E-state index is -0.642. The number of methoxy groups -OCH3 is 1. The highest BCUT2D eigenvalue weighted by Crippen LogP contribution is 2.08. The van der Waals surface area contributed by atoms with Gasteiger partial charge in [-0.3, -0.25) is 9.59 Å².